The number of rotatable bonds is 7. The molecular weight excluding hydrogens is 378 g/mol. The topological polar surface area (TPSA) is 155 Å². The molecule has 1 saturated heterocycles. The number of hydrogen-bond acceptors (Lipinski definition) is 7. The second-order valence-corrected chi connectivity index (χ2v) is 6.76. The molecule has 10 heteroatoms. The summed E-state index contributed by atoms with van der Waals surface area (Å²) in [5.74, 6) is -0.0868. The van der Waals surface area contributed by atoms with E-state index in [0.29, 0.717) is 25.1 Å². The summed E-state index contributed by atoms with van der Waals surface area (Å²) >= 11 is 0. The molecule has 4 N–H and O–H groups in total. The van der Waals surface area contributed by atoms with Crippen LogP contribution in [-0.2, 0) is 16.0 Å². The van der Waals surface area contributed by atoms with E-state index < -0.39 is 22.9 Å². The highest BCUT2D eigenvalue weighted by molar-refractivity contribution is 5.89. The van der Waals surface area contributed by atoms with E-state index in [-0.39, 0.29) is 17.5 Å². The Balaban J connectivity index is 1.59. The zero-order valence-electron chi connectivity index (χ0n) is 15.6. The van der Waals surface area contributed by atoms with Gasteiger partial charge in [0.2, 0.25) is 17.7 Å². The summed E-state index contributed by atoms with van der Waals surface area (Å²) in [6, 6.07) is 8.27. The standard InChI is InChI=1S/C19H21N5O5/c20-15(19(26)23-9-1-2-16(23)18(21)25)10-12-3-6-14(7-4-12)29-17-8-5-13(11-22-17)24(27)28/h3-8,11,15-16H,1-2,9-10,20H2,(H2,21,25)/t15-,16?/m0/s1. The number of hydrogen-bond donors (Lipinski definition) is 2. The number of likely N-dealkylation sites (tertiary alicyclic amines) is 1. The number of nitrogens with zero attached hydrogens (tertiary/aromatic N) is 3. The first-order valence-electron chi connectivity index (χ1n) is 9.08. The molecule has 2 heterocycles. The SMILES string of the molecule is NC(=O)C1CCCN1C(=O)[C@@H](N)Cc1ccc(Oc2ccc([N+](=O)[O-])cn2)cc1. The van der Waals surface area contributed by atoms with Crippen LogP contribution in [0.5, 0.6) is 11.6 Å². The van der Waals surface area contributed by atoms with Gasteiger partial charge >= 0.3 is 0 Å². The van der Waals surface area contributed by atoms with Crippen molar-refractivity contribution in [3.63, 3.8) is 0 Å². The normalized spacial score (nSPS) is 17.0. The third-order valence-corrected chi connectivity index (χ3v) is 4.71. The summed E-state index contributed by atoms with van der Waals surface area (Å²) in [4.78, 5) is 39.5. The molecule has 10 nitrogen and oxygen atoms in total. The maximum atomic E-state index is 12.6. The minimum Gasteiger partial charge on any atom is -0.439 e. The number of benzene rings is 1. The number of carbonyl (C=O) groups is 2. The van der Waals surface area contributed by atoms with Gasteiger partial charge in [-0.1, -0.05) is 12.1 Å². The molecule has 1 aliphatic heterocycles. The fourth-order valence-electron chi connectivity index (χ4n) is 3.24. The Hall–Kier alpha value is -3.53. The molecule has 1 unspecified atom stereocenters. The van der Waals surface area contributed by atoms with E-state index in [2.05, 4.69) is 4.98 Å². The van der Waals surface area contributed by atoms with Crippen LogP contribution in [0.2, 0.25) is 0 Å². The van der Waals surface area contributed by atoms with Gasteiger partial charge in [0.05, 0.1) is 11.0 Å². The summed E-state index contributed by atoms with van der Waals surface area (Å²) in [5.41, 5.74) is 12.1. The highest BCUT2D eigenvalue weighted by Crippen LogP contribution is 2.23. The van der Waals surface area contributed by atoms with E-state index >= 15 is 0 Å². The molecule has 1 aliphatic rings. The van der Waals surface area contributed by atoms with Crippen LogP contribution in [0.4, 0.5) is 5.69 Å². The number of primary amides is 1. The fraction of sp³-hybridized carbons (Fsp3) is 0.316. The minimum absolute atomic E-state index is 0.122. The van der Waals surface area contributed by atoms with Gasteiger partial charge in [-0.3, -0.25) is 19.7 Å². The van der Waals surface area contributed by atoms with E-state index in [4.69, 9.17) is 16.2 Å². The molecule has 0 radical (unpaired) electrons. The van der Waals surface area contributed by atoms with E-state index in [0.717, 1.165) is 18.2 Å². The first-order valence-corrected chi connectivity index (χ1v) is 9.08. The van der Waals surface area contributed by atoms with Crippen LogP contribution in [0.15, 0.2) is 42.6 Å². The number of aromatic nitrogens is 1. The van der Waals surface area contributed by atoms with Crippen molar-refractivity contribution in [3.8, 4) is 11.6 Å². The Morgan fingerprint density at radius 1 is 1.28 bits per heavy atom. The van der Waals surface area contributed by atoms with Crippen molar-refractivity contribution in [2.24, 2.45) is 11.5 Å². The van der Waals surface area contributed by atoms with Gasteiger partial charge in [0, 0.05) is 18.7 Å². The number of nitro groups is 1. The van der Waals surface area contributed by atoms with Gasteiger partial charge < -0.3 is 21.1 Å². The number of ether oxygens (including phenoxy) is 1. The number of amides is 2. The predicted molar refractivity (Wildman–Crippen MR) is 103 cm³/mol. The molecule has 0 saturated carbocycles. The Morgan fingerprint density at radius 2 is 2.00 bits per heavy atom. The third-order valence-electron chi connectivity index (χ3n) is 4.71. The number of nitrogens with two attached hydrogens (primary N) is 2. The Labute approximate surface area is 166 Å². The summed E-state index contributed by atoms with van der Waals surface area (Å²) in [6.07, 6.45) is 2.72. The zero-order valence-corrected chi connectivity index (χ0v) is 15.6. The predicted octanol–water partition coefficient (Wildman–Crippen LogP) is 1.13. The van der Waals surface area contributed by atoms with E-state index in [1.807, 2.05) is 0 Å². The number of carbonyl (C=O) groups excluding carboxylic acids is 2. The Kier molecular flexibility index (Phi) is 6.03. The Morgan fingerprint density at radius 3 is 2.59 bits per heavy atom. The zero-order chi connectivity index (χ0) is 21.0. The molecule has 0 spiro atoms. The van der Waals surface area contributed by atoms with Crippen LogP contribution in [-0.4, -0.2) is 45.2 Å². The van der Waals surface area contributed by atoms with Gasteiger partial charge in [-0.25, -0.2) is 4.98 Å². The maximum absolute atomic E-state index is 12.6. The van der Waals surface area contributed by atoms with E-state index in [1.165, 1.54) is 17.0 Å². The molecule has 0 aliphatic carbocycles. The van der Waals surface area contributed by atoms with Gasteiger partial charge in [-0.15, -0.1) is 0 Å². The highest BCUT2D eigenvalue weighted by atomic mass is 16.6. The van der Waals surface area contributed by atoms with Crippen LogP contribution in [0.3, 0.4) is 0 Å². The largest absolute Gasteiger partial charge is 0.439 e. The van der Waals surface area contributed by atoms with Crippen LogP contribution in [0.1, 0.15) is 18.4 Å². The van der Waals surface area contributed by atoms with Crippen LogP contribution in [0, 0.1) is 10.1 Å². The smallest absolute Gasteiger partial charge is 0.287 e. The Bertz CT molecular complexity index is 900. The lowest BCUT2D eigenvalue weighted by Crippen LogP contribution is -2.50. The molecule has 3 rings (SSSR count). The van der Waals surface area contributed by atoms with Gasteiger partial charge in [0.15, 0.2) is 0 Å². The highest BCUT2D eigenvalue weighted by Gasteiger charge is 2.34. The lowest BCUT2D eigenvalue weighted by Gasteiger charge is -2.25. The molecule has 0 bridgehead atoms. The van der Waals surface area contributed by atoms with Crippen molar-refractivity contribution in [2.45, 2.75) is 31.3 Å². The molecule has 2 atom stereocenters. The van der Waals surface area contributed by atoms with Gasteiger partial charge in [0.25, 0.3) is 5.69 Å². The lowest BCUT2D eigenvalue weighted by molar-refractivity contribution is -0.385. The molecule has 1 aromatic heterocycles. The van der Waals surface area contributed by atoms with E-state index in [9.17, 15) is 19.7 Å². The van der Waals surface area contributed by atoms with Crippen molar-refractivity contribution < 1.29 is 19.2 Å². The minimum atomic E-state index is -0.780. The van der Waals surface area contributed by atoms with Crippen LogP contribution in [0.25, 0.3) is 0 Å². The number of pyridine rings is 1. The van der Waals surface area contributed by atoms with Gasteiger partial charge in [-0.05, 0) is 37.0 Å². The molecule has 29 heavy (non-hydrogen) atoms. The van der Waals surface area contributed by atoms with Crippen molar-refractivity contribution in [1.29, 1.82) is 0 Å². The van der Waals surface area contributed by atoms with Crippen molar-refractivity contribution in [2.75, 3.05) is 6.54 Å². The molecule has 2 amide bonds. The first kappa shape index (κ1) is 20.2. The summed E-state index contributed by atoms with van der Waals surface area (Å²) in [7, 11) is 0. The maximum Gasteiger partial charge on any atom is 0.287 e. The molecule has 1 fully saturated rings. The van der Waals surface area contributed by atoms with E-state index in [1.54, 1.807) is 24.3 Å². The van der Waals surface area contributed by atoms with Crippen LogP contribution >= 0.6 is 0 Å². The molecule has 2 aromatic rings. The molecule has 152 valence electrons. The average molecular weight is 399 g/mol. The first-order chi connectivity index (χ1) is 13.8. The van der Waals surface area contributed by atoms with Gasteiger partial charge in [-0.2, -0.15) is 0 Å². The quantitative estimate of drug-likeness (QED) is 0.522. The van der Waals surface area contributed by atoms with Gasteiger partial charge in [0.1, 0.15) is 18.0 Å². The van der Waals surface area contributed by atoms with Crippen molar-refractivity contribution in [1.82, 2.24) is 9.88 Å². The lowest BCUT2D eigenvalue weighted by atomic mass is 10.0. The second kappa shape index (κ2) is 8.65. The summed E-state index contributed by atoms with van der Waals surface area (Å²) in [6.45, 7) is 0.481. The fourth-order valence-corrected chi connectivity index (χ4v) is 3.24. The molecular formula is C19H21N5O5. The second-order valence-electron chi connectivity index (χ2n) is 6.76. The average Bonchev–Trinajstić information content (AvgIpc) is 3.19. The van der Waals surface area contributed by atoms with Crippen LogP contribution < -0.4 is 16.2 Å². The summed E-state index contributed by atoms with van der Waals surface area (Å²) in [5, 5.41) is 10.6. The molecule has 1 aromatic carbocycles. The third kappa shape index (κ3) is 4.85. The van der Waals surface area contributed by atoms with Crippen molar-refractivity contribution in [3.05, 3.63) is 58.3 Å². The van der Waals surface area contributed by atoms with Crippen molar-refractivity contribution >= 4 is 17.5 Å². The summed E-state index contributed by atoms with van der Waals surface area (Å²) < 4.78 is 5.55. The monoisotopic (exact) mass is 399 g/mol.